The van der Waals surface area contributed by atoms with E-state index in [1.165, 1.54) is 49.6 Å². The van der Waals surface area contributed by atoms with Crippen molar-refractivity contribution in [2.45, 2.75) is 0 Å². The molecule has 0 aromatic heterocycles. The molecule has 8 heteroatoms. The quantitative estimate of drug-likeness (QED) is 0.499. The second-order valence-electron chi connectivity index (χ2n) is 5.55. The second-order valence-corrected chi connectivity index (χ2v) is 5.98. The minimum absolute atomic E-state index is 0.213. The van der Waals surface area contributed by atoms with Gasteiger partial charge in [0.05, 0.1) is 18.4 Å². The molecule has 1 fully saturated rings. The van der Waals surface area contributed by atoms with Crippen molar-refractivity contribution in [3.8, 4) is 0 Å². The van der Waals surface area contributed by atoms with Gasteiger partial charge in [-0.1, -0.05) is 23.7 Å². The van der Waals surface area contributed by atoms with Crippen molar-refractivity contribution in [1.29, 1.82) is 0 Å². The van der Waals surface area contributed by atoms with Gasteiger partial charge in [-0.05, 0) is 48.0 Å². The number of benzene rings is 2. The molecule has 1 saturated heterocycles. The number of hydrogen-bond donors (Lipinski definition) is 1. The Bertz CT molecular complexity index is 965. The van der Waals surface area contributed by atoms with E-state index in [2.05, 4.69) is 10.1 Å². The lowest BCUT2D eigenvalue weighted by atomic mass is 10.1. The SMILES string of the molecule is COC(=O)c1ccc(/C=C2/C(=O)NC(=O)N(c3ccc(Cl)cc3)C2=O)cc1. The lowest BCUT2D eigenvalue weighted by Gasteiger charge is -2.26. The molecule has 7 nitrogen and oxygen atoms in total. The summed E-state index contributed by atoms with van der Waals surface area (Å²) in [5, 5.41) is 2.58. The fourth-order valence-electron chi connectivity index (χ4n) is 2.48. The Morgan fingerprint density at radius 3 is 2.26 bits per heavy atom. The maximum absolute atomic E-state index is 12.7. The molecular weight excluding hydrogens is 372 g/mol. The van der Waals surface area contributed by atoms with E-state index in [9.17, 15) is 19.2 Å². The maximum atomic E-state index is 12.7. The smallest absolute Gasteiger partial charge is 0.337 e. The number of methoxy groups -OCH3 is 1. The number of urea groups is 1. The van der Waals surface area contributed by atoms with E-state index in [0.717, 1.165) is 4.90 Å². The molecule has 4 amide bonds. The Labute approximate surface area is 159 Å². The highest BCUT2D eigenvalue weighted by Crippen LogP contribution is 2.23. The van der Waals surface area contributed by atoms with E-state index < -0.39 is 23.8 Å². The second kappa shape index (κ2) is 7.43. The topological polar surface area (TPSA) is 92.8 Å². The highest BCUT2D eigenvalue weighted by Gasteiger charge is 2.36. The number of rotatable bonds is 3. The number of carbonyl (C=O) groups is 4. The van der Waals surface area contributed by atoms with Crippen LogP contribution in [0.4, 0.5) is 10.5 Å². The van der Waals surface area contributed by atoms with Crippen LogP contribution in [0.3, 0.4) is 0 Å². The van der Waals surface area contributed by atoms with Crippen molar-refractivity contribution in [2.75, 3.05) is 12.0 Å². The zero-order chi connectivity index (χ0) is 19.6. The molecule has 0 unspecified atom stereocenters. The molecule has 1 aliphatic rings. The summed E-state index contributed by atoms with van der Waals surface area (Å²) in [7, 11) is 1.27. The van der Waals surface area contributed by atoms with Gasteiger partial charge in [-0.15, -0.1) is 0 Å². The molecule has 136 valence electrons. The van der Waals surface area contributed by atoms with Crippen LogP contribution in [0.1, 0.15) is 15.9 Å². The summed E-state index contributed by atoms with van der Waals surface area (Å²) in [6.07, 6.45) is 1.34. The van der Waals surface area contributed by atoms with Crippen molar-refractivity contribution in [3.63, 3.8) is 0 Å². The van der Waals surface area contributed by atoms with Crippen LogP contribution in [0.25, 0.3) is 6.08 Å². The number of esters is 1. The number of barbiturate groups is 1. The van der Waals surface area contributed by atoms with Gasteiger partial charge in [-0.2, -0.15) is 0 Å². The van der Waals surface area contributed by atoms with Crippen molar-refractivity contribution in [3.05, 3.63) is 70.3 Å². The first-order chi connectivity index (χ1) is 12.9. The standard InChI is InChI=1S/C19H13ClN2O5/c1-27-18(25)12-4-2-11(3-5-12)10-15-16(23)21-19(26)22(17(15)24)14-8-6-13(20)7-9-14/h2-10H,1H3,(H,21,23,26)/b15-10-. The molecule has 1 N–H and O–H groups in total. The number of imide groups is 2. The van der Waals surface area contributed by atoms with Crippen molar-refractivity contribution in [1.82, 2.24) is 5.32 Å². The van der Waals surface area contributed by atoms with E-state index in [4.69, 9.17) is 11.6 Å². The van der Waals surface area contributed by atoms with Crippen LogP contribution in [-0.4, -0.2) is 30.9 Å². The van der Waals surface area contributed by atoms with Crippen LogP contribution in [-0.2, 0) is 14.3 Å². The molecule has 0 saturated carbocycles. The average molecular weight is 385 g/mol. The van der Waals surface area contributed by atoms with Crippen molar-refractivity contribution in [2.24, 2.45) is 0 Å². The Morgan fingerprint density at radius 1 is 1.04 bits per heavy atom. The molecule has 0 spiro atoms. The molecule has 2 aromatic rings. The summed E-state index contributed by atoms with van der Waals surface area (Å²) in [5.74, 6) is -2.06. The molecule has 1 aliphatic heterocycles. The first kappa shape index (κ1) is 18.3. The van der Waals surface area contributed by atoms with Crippen LogP contribution in [0.2, 0.25) is 5.02 Å². The Morgan fingerprint density at radius 2 is 1.67 bits per heavy atom. The van der Waals surface area contributed by atoms with Crippen LogP contribution < -0.4 is 10.2 Å². The third-order valence-electron chi connectivity index (χ3n) is 3.83. The minimum atomic E-state index is -0.842. The predicted molar refractivity (Wildman–Crippen MR) is 98.2 cm³/mol. The van der Waals surface area contributed by atoms with Gasteiger partial charge in [0.1, 0.15) is 5.57 Å². The van der Waals surface area contributed by atoms with Crippen LogP contribution in [0, 0.1) is 0 Å². The zero-order valence-corrected chi connectivity index (χ0v) is 14.8. The molecule has 3 rings (SSSR count). The number of ether oxygens (including phenoxy) is 1. The molecule has 2 aromatic carbocycles. The van der Waals surface area contributed by atoms with Gasteiger partial charge < -0.3 is 4.74 Å². The largest absolute Gasteiger partial charge is 0.465 e. The third-order valence-corrected chi connectivity index (χ3v) is 4.08. The number of hydrogen-bond acceptors (Lipinski definition) is 5. The van der Waals surface area contributed by atoms with Gasteiger partial charge in [-0.25, -0.2) is 14.5 Å². The average Bonchev–Trinajstić information content (AvgIpc) is 2.66. The van der Waals surface area contributed by atoms with Crippen LogP contribution >= 0.6 is 11.6 Å². The Hall–Kier alpha value is -3.45. The lowest BCUT2D eigenvalue weighted by Crippen LogP contribution is -2.54. The summed E-state index contributed by atoms with van der Waals surface area (Å²) in [6, 6.07) is 11.3. The normalized spacial score (nSPS) is 15.7. The molecule has 1 heterocycles. The molecule has 27 heavy (non-hydrogen) atoms. The van der Waals surface area contributed by atoms with E-state index >= 15 is 0 Å². The van der Waals surface area contributed by atoms with E-state index in [1.807, 2.05) is 0 Å². The Balaban J connectivity index is 1.94. The summed E-state index contributed by atoms with van der Waals surface area (Å²) in [5.41, 5.74) is 0.903. The van der Waals surface area contributed by atoms with E-state index in [1.54, 1.807) is 12.1 Å². The van der Waals surface area contributed by atoms with Gasteiger partial charge in [0.2, 0.25) is 0 Å². The molecule has 0 radical (unpaired) electrons. The Kier molecular flexibility index (Phi) is 5.05. The molecule has 0 aliphatic carbocycles. The third kappa shape index (κ3) is 3.73. The van der Waals surface area contributed by atoms with Gasteiger partial charge >= 0.3 is 12.0 Å². The summed E-state index contributed by atoms with van der Waals surface area (Å²) < 4.78 is 4.62. The van der Waals surface area contributed by atoms with Crippen molar-refractivity contribution < 1.29 is 23.9 Å². The maximum Gasteiger partial charge on any atom is 0.337 e. The van der Waals surface area contributed by atoms with Gasteiger partial charge in [-0.3, -0.25) is 14.9 Å². The van der Waals surface area contributed by atoms with Crippen molar-refractivity contribution >= 4 is 47.2 Å². The highest BCUT2D eigenvalue weighted by atomic mass is 35.5. The van der Waals surface area contributed by atoms with Crippen LogP contribution in [0.15, 0.2) is 54.1 Å². The number of halogens is 1. The number of nitrogens with one attached hydrogen (secondary N) is 1. The number of anilines is 1. The monoisotopic (exact) mass is 384 g/mol. The summed E-state index contributed by atoms with van der Waals surface area (Å²) in [6.45, 7) is 0. The highest BCUT2D eigenvalue weighted by molar-refractivity contribution is 6.39. The summed E-state index contributed by atoms with van der Waals surface area (Å²) in [4.78, 5) is 49.3. The minimum Gasteiger partial charge on any atom is -0.465 e. The van der Waals surface area contributed by atoms with Gasteiger partial charge in [0.15, 0.2) is 0 Å². The number of carbonyl (C=O) groups excluding carboxylic acids is 4. The molecule has 0 bridgehead atoms. The first-order valence-electron chi connectivity index (χ1n) is 7.76. The van der Waals surface area contributed by atoms with Crippen LogP contribution in [0.5, 0.6) is 0 Å². The molecular formula is C19H13ClN2O5. The van der Waals surface area contributed by atoms with E-state index in [0.29, 0.717) is 16.1 Å². The number of nitrogens with zero attached hydrogens (tertiary/aromatic N) is 1. The molecule has 0 atom stereocenters. The fourth-order valence-corrected chi connectivity index (χ4v) is 2.61. The zero-order valence-electron chi connectivity index (χ0n) is 14.1. The fraction of sp³-hybridized carbons (Fsp3) is 0.0526. The lowest BCUT2D eigenvalue weighted by molar-refractivity contribution is -0.122. The predicted octanol–water partition coefficient (Wildman–Crippen LogP) is 2.79. The van der Waals surface area contributed by atoms with Gasteiger partial charge in [0, 0.05) is 5.02 Å². The summed E-state index contributed by atoms with van der Waals surface area (Å²) >= 11 is 5.83. The van der Waals surface area contributed by atoms with E-state index in [-0.39, 0.29) is 11.3 Å². The van der Waals surface area contributed by atoms with Gasteiger partial charge in [0.25, 0.3) is 11.8 Å². The first-order valence-corrected chi connectivity index (χ1v) is 8.14. The number of amides is 4.